The van der Waals surface area contributed by atoms with Gasteiger partial charge in [0.25, 0.3) is 5.91 Å². The molecule has 1 aliphatic carbocycles. The highest BCUT2D eigenvalue weighted by atomic mass is 16.5. The van der Waals surface area contributed by atoms with Crippen molar-refractivity contribution in [3.63, 3.8) is 0 Å². The number of carbonyl (C=O) groups is 2. The van der Waals surface area contributed by atoms with E-state index in [0.717, 1.165) is 44.9 Å². The first kappa shape index (κ1) is 19.8. The summed E-state index contributed by atoms with van der Waals surface area (Å²) in [5, 5.41) is 15.6. The molecule has 2 fully saturated rings. The van der Waals surface area contributed by atoms with Crippen molar-refractivity contribution in [2.75, 3.05) is 13.2 Å². The maximum atomic E-state index is 12.3. The summed E-state index contributed by atoms with van der Waals surface area (Å²) in [6.45, 7) is 0.432. The van der Waals surface area contributed by atoms with Gasteiger partial charge in [0.05, 0.1) is 18.8 Å². The molecule has 27 heavy (non-hydrogen) atoms. The second-order valence-corrected chi connectivity index (χ2v) is 7.41. The number of ether oxygens (including phenoxy) is 1. The van der Waals surface area contributed by atoms with Crippen LogP contribution >= 0.6 is 0 Å². The predicted molar refractivity (Wildman–Crippen MR) is 100 cm³/mol. The van der Waals surface area contributed by atoms with Crippen LogP contribution in [0.1, 0.15) is 55.4 Å². The zero-order valence-corrected chi connectivity index (χ0v) is 15.6. The summed E-state index contributed by atoms with van der Waals surface area (Å²) in [4.78, 5) is 28.4. The Labute approximate surface area is 159 Å². The first-order valence-electron chi connectivity index (χ1n) is 9.93. The number of nitrogens with zero attached hydrogens (tertiary/aromatic N) is 1. The number of pyridine rings is 1. The van der Waals surface area contributed by atoms with Crippen LogP contribution in [0, 0.1) is 5.92 Å². The predicted octanol–water partition coefficient (Wildman–Crippen LogP) is 1.42. The van der Waals surface area contributed by atoms with Gasteiger partial charge in [-0.05, 0) is 44.2 Å². The molecule has 1 aromatic rings. The lowest BCUT2D eigenvalue weighted by Gasteiger charge is -2.36. The first-order valence-corrected chi connectivity index (χ1v) is 9.93. The average molecular weight is 375 g/mol. The van der Waals surface area contributed by atoms with Crippen molar-refractivity contribution in [3.8, 4) is 0 Å². The van der Waals surface area contributed by atoms with Crippen molar-refractivity contribution in [1.82, 2.24) is 15.6 Å². The molecule has 148 valence electrons. The zero-order valence-electron chi connectivity index (χ0n) is 15.6. The lowest BCUT2D eigenvalue weighted by molar-refractivity contribution is -0.125. The Bertz CT molecular complexity index is 619. The fourth-order valence-electron chi connectivity index (χ4n) is 3.94. The lowest BCUT2D eigenvalue weighted by Crippen LogP contribution is -2.51. The highest BCUT2D eigenvalue weighted by molar-refractivity contribution is 5.92. The van der Waals surface area contributed by atoms with Gasteiger partial charge in [0, 0.05) is 18.7 Å². The van der Waals surface area contributed by atoms with Gasteiger partial charge < -0.3 is 20.5 Å². The molecular formula is C20H29N3O4. The quantitative estimate of drug-likeness (QED) is 0.669. The molecular weight excluding hydrogens is 346 g/mol. The third kappa shape index (κ3) is 5.49. The van der Waals surface area contributed by atoms with Crippen LogP contribution in [-0.2, 0) is 9.53 Å². The molecule has 7 nitrogen and oxygen atoms in total. The monoisotopic (exact) mass is 375 g/mol. The van der Waals surface area contributed by atoms with Crippen LogP contribution in [0.15, 0.2) is 24.4 Å². The van der Waals surface area contributed by atoms with Crippen molar-refractivity contribution < 1.29 is 19.4 Å². The molecule has 3 atom stereocenters. The summed E-state index contributed by atoms with van der Waals surface area (Å²) >= 11 is 0. The molecule has 1 saturated heterocycles. The van der Waals surface area contributed by atoms with Crippen molar-refractivity contribution in [1.29, 1.82) is 0 Å². The van der Waals surface area contributed by atoms with Crippen molar-refractivity contribution in [2.24, 2.45) is 5.92 Å². The fourth-order valence-corrected chi connectivity index (χ4v) is 3.94. The number of hydrogen-bond acceptors (Lipinski definition) is 5. The van der Waals surface area contributed by atoms with Crippen LogP contribution in [0.3, 0.4) is 0 Å². The number of aliphatic hydroxyl groups is 1. The molecule has 7 heteroatoms. The van der Waals surface area contributed by atoms with Gasteiger partial charge >= 0.3 is 0 Å². The van der Waals surface area contributed by atoms with Crippen LogP contribution in [0.4, 0.5) is 0 Å². The van der Waals surface area contributed by atoms with Crippen LogP contribution in [-0.4, -0.2) is 53.3 Å². The van der Waals surface area contributed by atoms with Crippen molar-refractivity contribution >= 4 is 11.8 Å². The second kappa shape index (κ2) is 9.80. The van der Waals surface area contributed by atoms with E-state index in [1.165, 1.54) is 0 Å². The fraction of sp³-hybridized carbons (Fsp3) is 0.650. The molecule has 0 aromatic carbocycles. The maximum absolute atomic E-state index is 12.3. The van der Waals surface area contributed by atoms with Gasteiger partial charge in [-0.2, -0.15) is 0 Å². The van der Waals surface area contributed by atoms with Crippen molar-refractivity contribution in [2.45, 2.75) is 63.2 Å². The Morgan fingerprint density at radius 1 is 1.19 bits per heavy atom. The summed E-state index contributed by atoms with van der Waals surface area (Å²) in [7, 11) is 0. The molecule has 0 bridgehead atoms. The smallest absolute Gasteiger partial charge is 0.270 e. The molecule has 1 saturated carbocycles. The Kier molecular flexibility index (Phi) is 7.18. The number of amides is 2. The molecule has 3 N–H and O–H groups in total. The van der Waals surface area contributed by atoms with Gasteiger partial charge in [-0.25, -0.2) is 0 Å². The maximum Gasteiger partial charge on any atom is 0.270 e. The Balaban J connectivity index is 1.42. The average Bonchev–Trinajstić information content (AvgIpc) is 3.24. The first-order chi connectivity index (χ1) is 13.2. The number of aromatic nitrogens is 1. The standard InChI is InChI=1S/C20H29N3O4/c24-13-18-16(23-20(26)17-7-3-4-11-21-17)9-8-15(27-18)10-12-22-19(25)14-5-1-2-6-14/h3-4,7,11,14-16,18,24H,1-2,5-6,8-10,12-13H2,(H,22,25)(H,23,26)/t15-,16+,18+/m1/s1. The Hall–Kier alpha value is -1.99. The van der Waals surface area contributed by atoms with Crippen LogP contribution < -0.4 is 10.6 Å². The summed E-state index contributed by atoms with van der Waals surface area (Å²) in [5.41, 5.74) is 0.353. The highest BCUT2D eigenvalue weighted by Crippen LogP contribution is 2.25. The van der Waals surface area contributed by atoms with Gasteiger partial charge in [-0.1, -0.05) is 18.9 Å². The van der Waals surface area contributed by atoms with E-state index < -0.39 is 6.10 Å². The third-order valence-corrected chi connectivity index (χ3v) is 5.50. The van der Waals surface area contributed by atoms with E-state index in [1.807, 2.05) is 0 Å². The van der Waals surface area contributed by atoms with E-state index in [-0.39, 0.29) is 36.5 Å². The summed E-state index contributed by atoms with van der Waals surface area (Å²) < 4.78 is 5.96. The van der Waals surface area contributed by atoms with Crippen LogP contribution in [0.5, 0.6) is 0 Å². The third-order valence-electron chi connectivity index (χ3n) is 5.50. The minimum absolute atomic E-state index is 0.0194. The minimum atomic E-state index is -0.443. The number of carbonyl (C=O) groups excluding carboxylic acids is 2. The lowest BCUT2D eigenvalue weighted by atomic mass is 9.97. The normalized spacial score (nSPS) is 25.9. The second-order valence-electron chi connectivity index (χ2n) is 7.41. The number of nitrogens with one attached hydrogen (secondary N) is 2. The molecule has 1 aliphatic heterocycles. The topological polar surface area (TPSA) is 101 Å². The van der Waals surface area contributed by atoms with Gasteiger partial charge in [0.1, 0.15) is 11.8 Å². The van der Waals surface area contributed by atoms with Crippen molar-refractivity contribution in [3.05, 3.63) is 30.1 Å². The number of aliphatic hydroxyl groups excluding tert-OH is 1. The molecule has 2 aliphatic rings. The van der Waals surface area contributed by atoms with Gasteiger partial charge in [-0.3, -0.25) is 14.6 Å². The van der Waals surface area contributed by atoms with E-state index in [4.69, 9.17) is 4.74 Å². The molecule has 0 spiro atoms. The van der Waals surface area contributed by atoms with Crippen LogP contribution in [0.25, 0.3) is 0 Å². The van der Waals surface area contributed by atoms with E-state index in [0.29, 0.717) is 12.2 Å². The number of rotatable bonds is 7. The number of hydrogen-bond donors (Lipinski definition) is 3. The molecule has 1 aromatic heterocycles. The highest BCUT2D eigenvalue weighted by Gasteiger charge is 2.32. The Morgan fingerprint density at radius 2 is 2.00 bits per heavy atom. The molecule has 0 radical (unpaired) electrons. The van der Waals surface area contributed by atoms with Gasteiger partial charge in [0.2, 0.25) is 5.91 Å². The minimum Gasteiger partial charge on any atom is -0.394 e. The van der Waals surface area contributed by atoms with E-state index in [1.54, 1.807) is 24.4 Å². The molecule has 0 unspecified atom stereocenters. The Morgan fingerprint density at radius 3 is 2.70 bits per heavy atom. The van der Waals surface area contributed by atoms with E-state index in [9.17, 15) is 14.7 Å². The van der Waals surface area contributed by atoms with Crippen LogP contribution in [0.2, 0.25) is 0 Å². The molecule has 3 rings (SSSR count). The van der Waals surface area contributed by atoms with Gasteiger partial charge in [-0.15, -0.1) is 0 Å². The van der Waals surface area contributed by atoms with Gasteiger partial charge in [0.15, 0.2) is 0 Å². The SMILES string of the molecule is O=C(N[C@H]1CC[C@H](CCNC(=O)C2CCCC2)O[C@H]1CO)c1ccccn1. The molecule has 2 heterocycles. The van der Waals surface area contributed by atoms with E-state index in [2.05, 4.69) is 15.6 Å². The summed E-state index contributed by atoms with van der Waals surface area (Å²) in [6, 6.07) is 4.93. The molecule has 2 amide bonds. The van der Waals surface area contributed by atoms with E-state index >= 15 is 0 Å². The largest absolute Gasteiger partial charge is 0.394 e. The summed E-state index contributed by atoms with van der Waals surface area (Å²) in [5.74, 6) is 0.0705. The summed E-state index contributed by atoms with van der Waals surface area (Å²) in [6.07, 6.45) is 7.62. The zero-order chi connectivity index (χ0) is 19.1.